The van der Waals surface area contributed by atoms with Crippen LogP contribution in [0.1, 0.15) is 11.8 Å². The van der Waals surface area contributed by atoms with Crippen molar-refractivity contribution in [3.63, 3.8) is 0 Å². The predicted octanol–water partition coefficient (Wildman–Crippen LogP) is 0.116. The predicted molar refractivity (Wildman–Crippen MR) is 62.7 cm³/mol. The van der Waals surface area contributed by atoms with Crippen LogP contribution in [0.2, 0.25) is 0 Å². The lowest BCUT2D eigenvalue weighted by Crippen LogP contribution is -2.37. The van der Waals surface area contributed by atoms with E-state index < -0.39 is 15.9 Å². The van der Waals surface area contributed by atoms with Crippen molar-refractivity contribution in [2.75, 3.05) is 13.1 Å². The van der Waals surface area contributed by atoms with Crippen LogP contribution in [0.3, 0.4) is 0 Å². The van der Waals surface area contributed by atoms with Gasteiger partial charge < -0.3 is 5.73 Å². The van der Waals surface area contributed by atoms with Gasteiger partial charge in [0.05, 0.1) is 6.54 Å². The van der Waals surface area contributed by atoms with E-state index in [9.17, 15) is 13.2 Å². The van der Waals surface area contributed by atoms with Crippen molar-refractivity contribution >= 4 is 27.3 Å². The Bertz CT molecular complexity index is 556. The maximum absolute atomic E-state index is 12.0. The summed E-state index contributed by atoms with van der Waals surface area (Å²) in [4.78, 5) is 11.1. The zero-order chi connectivity index (χ0) is 13.1. The molecule has 0 aliphatic carbocycles. The second-order valence-corrected chi connectivity index (χ2v) is 6.38. The van der Waals surface area contributed by atoms with E-state index in [2.05, 4.69) is 0 Å². The highest BCUT2D eigenvalue weighted by Gasteiger charge is 2.26. The molecule has 6 nitrogen and oxygen atoms in total. The molecule has 1 amide bonds. The molecule has 17 heavy (non-hydrogen) atoms. The second kappa shape index (κ2) is 5.27. The Morgan fingerprint density at radius 1 is 1.59 bits per heavy atom. The first-order valence-corrected chi connectivity index (χ1v) is 6.96. The lowest BCUT2D eigenvalue weighted by molar-refractivity contribution is -0.118. The van der Waals surface area contributed by atoms with Crippen molar-refractivity contribution in [3.05, 3.63) is 17.0 Å². The molecule has 1 aromatic rings. The molecule has 2 N–H and O–H groups in total. The van der Waals surface area contributed by atoms with Crippen molar-refractivity contribution in [2.24, 2.45) is 5.73 Å². The number of hydrogen-bond acceptors (Lipinski definition) is 5. The first-order valence-electron chi connectivity index (χ1n) is 4.70. The molecule has 1 rings (SSSR count). The molecule has 0 unspecified atom stereocenters. The number of hydrogen-bond donors (Lipinski definition) is 1. The SMILES string of the molecule is CCN(CC(N)=O)S(=O)(=O)c1ccc(C#N)s1. The van der Waals surface area contributed by atoms with Crippen molar-refractivity contribution in [1.82, 2.24) is 4.31 Å². The van der Waals surface area contributed by atoms with Crippen LogP contribution in [0.15, 0.2) is 16.3 Å². The largest absolute Gasteiger partial charge is 0.369 e. The van der Waals surface area contributed by atoms with Crippen LogP contribution in [0.5, 0.6) is 0 Å². The van der Waals surface area contributed by atoms with Crippen LogP contribution in [0.25, 0.3) is 0 Å². The Kier molecular flexibility index (Phi) is 4.22. The molecular weight excluding hydrogens is 262 g/mol. The van der Waals surface area contributed by atoms with Gasteiger partial charge in [-0.3, -0.25) is 4.79 Å². The van der Waals surface area contributed by atoms with Crippen LogP contribution in [0, 0.1) is 11.3 Å². The van der Waals surface area contributed by atoms with E-state index in [0.717, 1.165) is 15.6 Å². The third-order valence-corrected chi connectivity index (χ3v) is 5.35. The fraction of sp³-hybridized carbons (Fsp3) is 0.333. The van der Waals surface area contributed by atoms with E-state index in [0.29, 0.717) is 4.88 Å². The standard InChI is InChI=1S/C9H11N3O3S2/c1-2-12(6-8(11)13)17(14,15)9-4-3-7(5-10)16-9/h3-4H,2,6H2,1H3,(H2,11,13). The zero-order valence-electron chi connectivity index (χ0n) is 9.08. The molecule has 0 radical (unpaired) electrons. The van der Waals surface area contributed by atoms with Gasteiger partial charge in [-0.1, -0.05) is 6.92 Å². The average molecular weight is 273 g/mol. The number of sulfonamides is 1. The number of carbonyl (C=O) groups is 1. The molecule has 1 aromatic heterocycles. The molecule has 0 fully saturated rings. The smallest absolute Gasteiger partial charge is 0.253 e. The fourth-order valence-corrected chi connectivity index (χ4v) is 3.86. The molecule has 1 heterocycles. The second-order valence-electron chi connectivity index (χ2n) is 3.13. The minimum absolute atomic E-state index is 0.0390. The van der Waals surface area contributed by atoms with E-state index in [1.54, 1.807) is 6.92 Å². The van der Waals surface area contributed by atoms with Gasteiger partial charge in [0.2, 0.25) is 5.91 Å². The van der Waals surface area contributed by atoms with Gasteiger partial charge in [0, 0.05) is 6.54 Å². The zero-order valence-corrected chi connectivity index (χ0v) is 10.7. The van der Waals surface area contributed by atoms with Crippen LogP contribution in [-0.2, 0) is 14.8 Å². The summed E-state index contributed by atoms with van der Waals surface area (Å²) in [5, 5.41) is 8.64. The Balaban J connectivity index is 3.09. The lowest BCUT2D eigenvalue weighted by Gasteiger charge is -2.17. The van der Waals surface area contributed by atoms with Gasteiger partial charge in [-0.15, -0.1) is 11.3 Å². The van der Waals surface area contributed by atoms with Crippen molar-refractivity contribution in [3.8, 4) is 6.07 Å². The minimum atomic E-state index is -3.74. The molecule has 0 aliphatic heterocycles. The lowest BCUT2D eigenvalue weighted by atomic mass is 10.5. The van der Waals surface area contributed by atoms with Gasteiger partial charge >= 0.3 is 0 Å². The molecule has 0 saturated heterocycles. The van der Waals surface area contributed by atoms with E-state index in [-0.39, 0.29) is 17.3 Å². The molecule has 0 spiro atoms. The van der Waals surface area contributed by atoms with E-state index in [1.807, 2.05) is 6.07 Å². The third kappa shape index (κ3) is 3.03. The Labute approximate surface area is 103 Å². The van der Waals surface area contributed by atoms with Gasteiger partial charge in [-0.25, -0.2) is 8.42 Å². The quantitative estimate of drug-likeness (QED) is 0.822. The van der Waals surface area contributed by atoms with Crippen molar-refractivity contribution < 1.29 is 13.2 Å². The van der Waals surface area contributed by atoms with Crippen LogP contribution in [0.4, 0.5) is 0 Å². The molecule has 0 saturated carbocycles. The molecule has 0 bridgehead atoms. The first kappa shape index (κ1) is 13.6. The van der Waals surface area contributed by atoms with E-state index in [4.69, 9.17) is 11.0 Å². The van der Waals surface area contributed by atoms with Gasteiger partial charge in [-0.2, -0.15) is 9.57 Å². The number of amides is 1. The van der Waals surface area contributed by atoms with Gasteiger partial charge in [0.1, 0.15) is 15.2 Å². The van der Waals surface area contributed by atoms with Crippen LogP contribution >= 0.6 is 11.3 Å². The minimum Gasteiger partial charge on any atom is -0.369 e. The number of thiophene rings is 1. The number of primary amides is 1. The highest BCUT2D eigenvalue weighted by molar-refractivity contribution is 7.91. The van der Waals surface area contributed by atoms with Crippen molar-refractivity contribution in [2.45, 2.75) is 11.1 Å². The Morgan fingerprint density at radius 2 is 2.24 bits per heavy atom. The van der Waals surface area contributed by atoms with Crippen molar-refractivity contribution in [1.29, 1.82) is 5.26 Å². The summed E-state index contributed by atoms with van der Waals surface area (Å²) < 4.78 is 25.1. The van der Waals surface area contributed by atoms with Gasteiger partial charge in [-0.05, 0) is 12.1 Å². The monoisotopic (exact) mass is 273 g/mol. The number of nitrogens with zero attached hydrogens (tertiary/aromatic N) is 2. The normalized spacial score (nSPS) is 11.4. The topological polar surface area (TPSA) is 104 Å². The molecule has 92 valence electrons. The Morgan fingerprint density at radius 3 is 2.65 bits per heavy atom. The highest BCUT2D eigenvalue weighted by atomic mass is 32.2. The summed E-state index contributed by atoms with van der Waals surface area (Å²) in [6.07, 6.45) is 0. The van der Waals surface area contributed by atoms with Crippen LogP contribution in [-0.4, -0.2) is 31.7 Å². The summed E-state index contributed by atoms with van der Waals surface area (Å²) in [6, 6.07) is 4.64. The maximum atomic E-state index is 12.0. The number of rotatable bonds is 5. The first-order chi connectivity index (χ1) is 7.91. The molecule has 0 atom stereocenters. The van der Waals surface area contributed by atoms with Crippen LogP contribution < -0.4 is 5.73 Å². The summed E-state index contributed by atoms with van der Waals surface area (Å²) in [5.41, 5.74) is 4.98. The molecule has 0 aliphatic rings. The molecule has 8 heteroatoms. The van der Waals surface area contributed by atoms with Gasteiger partial charge in [0.25, 0.3) is 10.0 Å². The number of nitriles is 1. The maximum Gasteiger partial charge on any atom is 0.253 e. The molecular formula is C9H11N3O3S2. The average Bonchev–Trinajstić information content (AvgIpc) is 2.74. The summed E-state index contributed by atoms with van der Waals surface area (Å²) in [5.74, 6) is -0.715. The van der Waals surface area contributed by atoms with E-state index in [1.165, 1.54) is 12.1 Å². The van der Waals surface area contributed by atoms with E-state index >= 15 is 0 Å². The molecule has 0 aromatic carbocycles. The number of carbonyl (C=O) groups excluding carboxylic acids is 1. The van der Waals surface area contributed by atoms with Gasteiger partial charge in [0.15, 0.2) is 0 Å². The summed E-state index contributed by atoms with van der Waals surface area (Å²) in [7, 11) is -3.74. The number of likely N-dealkylation sites (N-methyl/N-ethyl adjacent to an activating group) is 1. The number of nitrogens with two attached hydrogens (primary N) is 1. The summed E-state index contributed by atoms with van der Waals surface area (Å²) in [6.45, 7) is 1.39. The fourth-order valence-electron chi connectivity index (χ4n) is 1.19. The Hall–Kier alpha value is -1.43. The highest BCUT2D eigenvalue weighted by Crippen LogP contribution is 2.24. The summed E-state index contributed by atoms with van der Waals surface area (Å²) >= 11 is 0.868. The third-order valence-electron chi connectivity index (χ3n) is 1.97.